The molecule has 0 spiro atoms. The molecule has 0 N–H and O–H groups in total. The molecule has 6 nitrogen and oxygen atoms in total. The topological polar surface area (TPSA) is 65.1 Å². The molecule has 1 heterocycles. The third-order valence-corrected chi connectivity index (χ3v) is 4.95. The zero-order valence-electron chi connectivity index (χ0n) is 15.2. The van der Waals surface area contributed by atoms with Crippen LogP contribution in [0.5, 0.6) is 17.2 Å². The maximum atomic E-state index is 12.7. The summed E-state index contributed by atoms with van der Waals surface area (Å²) in [5, 5.41) is -0.289. The van der Waals surface area contributed by atoms with Gasteiger partial charge in [-0.15, -0.1) is 0 Å². The van der Waals surface area contributed by atoms with E-state index in [0.717, 1.165) is 17.3 Å². The van der Waals surface area contributed by atoms with E-state index in [1.54, 1.807) is 18.2 Å². The fourth-order valence-electron chi connectivity index (χ4n) is 2.74. The first-order chi connectivity index (χ1) is 13.1. The molecule has 1 aliphatic rings. The Balaban J connectivity index is 1.89. The van der Waals surface area contributed by atoms with Crippen LogP contribution in [0.4, 0.5) is 4.79 Å². The molecule has 1 fully saturated rings. The summed E-state index contributed by atoms with van der Waals surface area (Å²) >= 11 is 0.918. The Morgan fingerprint density at radius 3 is 2.15 bits per heavy atom. The molecule has 0 atom stereocenters. The number of carbonyl (C=O) groups is 2. The van der Waals surface area contributed by atoms with Crippen molar-refractivity contribution in [2.24, 2.45) is 0 Å². The maximum Gasteiger partial charge on any atom is 0.293 e. The maximum absolute atomic E-state index is 12.7. The van der Waals surface area contributed by atoms with Gasteiger partial charge in [-0.05, 0) is 41.1 Å². The number of rotatable bonds is 6. The van der Waals surface area contributed by atoms with Crippen LogP contribution in [-0.2, 0) is 11.3 Å². The quantitative estimate of drug-likeness (QED) is 0.702. The molecule has 3 rings (SSSR count). The lowest BCUT2D eigenvalue weighted by molar-refractivity contribution is -0.123. The van der Waals surface area contributed by atoms with Gasteiger partial charge in [0.25, 0.3) is 11.1 Å². The summed E-state index contributed by atoms with van der Waals surface area (Å²) in [6.45, 7) is 0.248. The van der Waals surface area contributed by atoms with Crippen LogP contribution in [0.25, 0.3) is 6.08 Å². The van der Waals surface area contributed by atoms with Crippen molar-refractivity contribution in [3.05, 3.63) is 58.5 Å². The van der Waals surface area contributed by atoms with Gasteiger partial charge in [-0.25, -0.2) is 0 Å². The number of methoxy groups -OCH3 is 3. The van der Waals surface area contributed by atoms with E-state index in [1.165, 1.54) is 26.2 Å². The van der Waals surface area contributed by atoms with Crippen molar-refractivity contribution in [3.8, 4) is 17.2 Å². The van der Waals surface area contributed by atoms with E-state index in [0.29, 0.717) is 27.7 Å². The highest BCUT2D eigenvalue weighted by Crippen LogP contribution is 2.40. The molecule has 2 aromatic carbocycles. The van der Waals surface area contributed by atoms with Gasteiger partial charge in [0, 0.05) is 0 Å². The molecular formula is C20H19NO5S. The third-order valence-electron chi connectivity index (χ3n) is 4.04. The van der Waals surface area contributed by atoms with E-state index in [2.05, 4.69) is 0 Å². The number of amides is 2. The smallest absolute Gasteiger partial charge is 0.293 e. The summed E-state index contributed by atoms with van der Waals surface area (Å²) in [4.78, 5) is 26.6. The van der Waals surface area contributed by atoms with Crippen LogP contribution in [-0.4, -0.2) is 37.4 Å². The molecule has 140 valence electrons. The van der Waals surface area contributed by atoms with Crippen molar-refractivity contribution in [2.75, 3.05) is 21.3 Å². The van der Waals surface area contributed by atoms with Crippen molar-refractivity contribution in [1.29, 1.82) is 0 Å². The van der Waals surface area contributed by atoms with Crippen LogP contribution in [0, 0.1) is 0 Å². The molecule has 1 saturated heterocycles. The predicted octanol–water partition coefficient (Wildman–Crippen LogP) is 3.95. The summed E-state index contributed by atoms with van der Waals surface area (Å²) in [5.41, 5.74) is 1.57. The Bertz CT molecular complexity index is 869. The SMILES string of the molecule is COc1cc(/C=C2/SC(=O)N(Cc3ccccc3)C2=O)cc(OC)c1OC. The number of benzene rings is 2. The van der Waals surface area contributed by atoms with Gasteiger partial charge in [0.2, 0.25) is 5.75 Å². The van der Waals surface area contributed by atoms with E-state index in [4.69, 9.17) is 14.2 Å². The minimum Gasteiger partial charge on any atom is -0.493 e. The number of carbonyl (C=O) groups excluding carboxylic acids is 2. The van der Waals surface area contributed by atoms with Crippen molar-refractivity contribution in [1.82, 2.24) is 4.90 Å². The molecule has 0 unspecified atom stereocenters. The third kappa shape index (κ3) is 3.93. The van der Waals surface area contributed by atoms with Gasteiger partial charge in [-0.1, -0.05) is 30.3 Å². The van der Waals surface area contributed by atoms with Crippen molar-refractivity contribution in [2.45, 2.75) is 6.54 Å². The largest absolute Gasteiger partial charge is 0.493 e. The number of hydrogen-bond acceptors (Lipinski definition) is 6. The van der Waals surface area contributed by atoms with Crippen LogP contribution in [0.15, 0.2) is 47.4 Å². The van der Waals surface area contributed by atoms with Crippen LogP contribution in [0.1, 0.15) is 11.1 Å². The molecule has 27 heavy (non-hydrogen) atoms. The fraction of sp³-hybridized carbons (Fsp3) is 0.200. The predicted molar refractivity (Wildman–Crippen MR) is 104 cm³/mol. The molecule has 2 amide bonds. The second-order valence-electron chi connectivity index (χ2n) is 5.71. The number of hydrogen-bond donors (Lipinski definition) is 0. The van der Waals surface area contributed by atoms with Gasteiger partial charge < -0.3 is 14.2 Å². The van der Waals surface area contributed by atoms with Crippen LogP contribution in [0.2, 0.25) is 0 Å². The number of nitrogens with zero attached hydrogens (tertiary/aromatic N) is 1. The summed E-state index contributed by atoms with van der Waals surface area (Å²) < 4.78 is 16.0. The van der Waals surface area contributed by atoms with Crippen LogP contribution >= 0.6 is 11.8 Å². The second kappa shape index (κ2) is 8.18. The molecule has 2 aromatic rings. The lowest BCUT2D eigenvalue weighted by atomic mass is 10.1. The minimum atomic E-state index is -0.317. The fourth-order valence-corrected chi connectivity index (χ4v) is 3.58. The number of thioether (sulfide) groups is 1. The van der Waals surface area contributed by atoms with E-state index in [-0.39, 0.29) is 17.7 Å². The van der Waals surface area contributed by atoms with Crippen LogP contribution in [0.3, 0.4) is 0 Å². The summed E-state index contributed by atoms with van der Waals surface area (Å²) in [6, 6.07) is 12.9. The first kappa shape index (κ1) is 18.8. The zero-order valence-corrected chi connectivity index (χ0v) is 16.0. The Morgan fingerprint density at radius 1 is 0.963 bits per heavy atom. The van der Waals surface area contributed by atoms with E-state index in [1.807, 2.05) is 30.3 Å². The normalized spacial score (nSPS) is 15.4. The average molecular weight is 385 g/mol. The van der Waals surface area contributed by atoms with Gasteiger partial charge in [0.15, 0.2) is 11.5 Å². The average Bonchev–Trinajstić information content (AvgIpc) is 2.95. The molecule has 0 aliphatic carbocycles. The molecular weight excluding hydrogens is 366 g/mol. The molecule has 0 bridgehead atoms. The molecule has 0 radical (unpaired) electrons. The standard InChI is InChI=1S/C20H19NO5S/c1-24-15-9-14(10-16(25-2)18(15)26-3)11-17-19(22)21(20(23)27-17)12-13-7-5-4-6-8-13/h4-11H,12H2,1-3H3/b17-11+. The summed E-state index contributed by atoms with van der Waals surface area (Å²) in [6.07, 6.45) is 1.65. The molecule has 1 aliphatic heterocycles. The second-order valence-corrected chi connectivity index (χ2v) is 6.71. The highest BCUT2D eigenvalue weighted by Gasteiger charge is 2.35. The highest BCUT2D eigenvalue weighted by molar-refractivity contribution is 8.18. The number of ether oxygens (including phenoxy) is 3. The van der Waals surface area contributed by atoms with E-state index in [9.17, 15) is 9.59 Å². The highest BCUT2D eigenvalue weighted by atomic mass is 32.2. The van der Waals surface area contributed by atoms with Gasteiger partial charge in [0.05, 0.1) is 32.8 Å². The van der Waals surface area contributed by atoms with Gasteiger partial charge >= 0.3 is 0 Å². The Morgan fingerprint density at radius 2 is 1.59 bits per heavy atom. The van der Waals surface area contributed by atoms with Gasteiger partial charge in [-0.2, -0.15) is 0 Å². The molecule has 7 heteroatoms. The van der Waals surface area contributed by atoms with Gasteiger partial charge in [0.1, 0.15) is 0 Å². The Hall–Kier alpha value is -2.93. The summed E-state index contributed by atoms with van der Waals surface area (Å²) in [7, 11) is 4.57. The van der Waals surface area contributed by atoms with Crippen molar-refractivity contribution < 1.29 is 23.8 Å². The zero-order chi connectivity index (χ0) is 19.4. The minimum absolute atomic E-state index is 0.248. The van der Waals surface area contributed by atoms with Crippen molar-refractivity contribution >= 4 is 29.0 Å². The van der Waals surface area contributed by atoms with E-state index >= 15 is 0 Å². The van der Waals surface area contributed by atoms with Gasteiger partial charge in [-0.3, -0.25) is 14.5 Å². The molecule has 0 saturated carbocycles. The Kier molecular flexibility index (Phi) is 5.71. The lowest BCUT2D eigenvalue weighted by Gasteiger charge is -2.13. The lowest BCUT2D eigenvalue weighted by Crippen LogP contribution is -2.27. The van der Waals surface area contributed by atoms with E-state index < -0.39 is 0 Å². The summed E-state index contributed by atoms with van der Waals surface area (Å²) in [5.74, 6) is 1.11. The molecule has 0 aromatic heterocycles. The number of imide groups is 1. The first-order valence-electron chi connectivity index (χ1n) is 8.16. The first-order valence-corrected chi connectivity index (χ1v) is 8.98. The van der Waals surface area contributed by atoms with Crippen molar-refractivity contribution in [3.63, 3.8) is 0 Å². The van der Waals surface area contributed by atoms with Crippen LogP contribution < -0.4 is 14.2 Å². The Labute approximate surface area is 161 Å². The monoisotopic (exact) mass is 385 g/mol.